The molecule has 0 aliphatic carbocycles. The quantitative estimate of drug-likeness (QED) is 0.887. The summed E-state index contributed by atoms with van der Waals surface area (Å²) in [5, 5.41) is 11.7. The van der Waals surface area contributed by atoms with E-state index in [0.717, 1.165) is 49.1 Å². The number of hydrogen-bond donors (Lipinski definition) is 1. The number of piperidine rings is 1. The van der Waals surface area contributed by atoms with Crippen molar-refractivity contribution in [2.24, 2.45) is 7.05 Å². The molecule has 1 N–H and O–H groups in total. The van der Waals surface area contributed by atoms with Crippen molar-refractivity contribution in [2.45, 2.75) is 52.6 Å². The summed E-state index contributed by atoms with van der Waals surface area (Å²) in [6.07, 6.45) is 3.40. The van der Waals surface area contributed by atoms with Crippen molar-refractivity contribution in [3.05, 3.63) is 23.4 Å². The normalized spacial score (nSPS) is 18.5. The predicted octanol–water partition coefficient (Wildman–Crippen LogP) is 1.43. The predicted molar refractivity (Wildman–Crippen MR) is 95.3 cm³/mol. The fraction of sp³-hybridized carbons (Fsp3) is 0.647. The molecule has 1 aliphatic rings. The van der Waals surface area contributed by atoms with Gasteiger partial charge in [-0.15, -0.1) is 0 Å². The molecule has 0 saturated carbocycles. The van der Waals surface area contributed by atoms with E-state index in [1.54, 1.807) is 4.68 Å². The monoisotopic (exact) mass is 345 g/mol. The summed E-state index contributed by atoms with van der Waals surface area (Å²) in [5.41, 5.74) is 0.894. The second-order valence-electron chi connectivity index (χ2n) is 6.85. The van der Waals surface area contributed by atoms with Crippen LogP contribution in [0, 0.1) is 20.8 Å². The van der Waals surface area contributed by atoms with Gasteiger partial charge in [0, 0.05) is 19.2 Å². The van der Waals surface area contributed by atoms with Gasteiger partial charge < -0.3 is 5.32 Å². The first-order chi connectivity index (χ1) is 11.9. The van der Waals surface area contributed by atoms with E-state index in [4.69, 9.17) is 0 Å². The molecule has 0 unspecified atom stereocenters. The second kappa shape index (κ2) is 7.35. The van der Waals surface area contributed by atoms with E-state index in [1.807, 2.05) is 38.6 Å². The van der Waals surface area contributed by atoms with Crippen LogP contribution in [0.2, 0.25) is 0 Å². The minimum Gasteiger partial charge on any atom is -0.310 e. The highest BCUT2D eigenvalue weighted by Crippen LogP contribution is 2.19. The van der Waals surface area contributed by atoms with Crippen LogP contribution in [0.25, 0.3) is 0 Å². The van der Waals surface area contributed by atoms with Gasteiger partial charge in [-0.25, -0.2) is 9.67 Å². The van der Waals surface area contributed by atoms with Gasteiger partial charge in [0.05, 0.1) is 18.8 Å². The first-order valence-electron chi connectivity index (χ1n) is 8.85. The zero-order valence-corrected chi connectivity index (χ0v) is 15.5. The van der Waals surface area contributed by atoms with Crippen molar-refractivity contribution < 1.29 is 4.79 Å². The first kappa shape index (κ1) is 17.6. The molecule has 136 valence electrons. The maximum atomic E-state index is 12.5. The van der Waals surface area contributed by atoms with E-state index < -0.39 is 0 Å². The zero-order valence-electron chi connectivity index (χ0n) is 15.5. The number of hydrogen-bond acceptors (Lipinski definition) is 5. The lowest BCUT2D eigenvalue weighted by atomic mass is 10.0. The average Bonchev–Trinajstić information content (AvgIpc) is 3.02. The van der Waals surface area contributed by atoms with Gasteiger partial charge in [0.25, 0.3) is 0 Å². The lowest BCUT2D eigenvalue weighted by Gasteiger charge is -2.35. The Morgan fingerprint density at radius 2 is 2.08 bits per heavy atom. The maximum absolute atomic E-state index is 12.5. The van der Waals surface area contributed by atoms with E-state index in [1.165, 1.54) is 6.42 Å². The smallest absolute Gasteiger partial charge is 0.239 e. The summed E-state index contributed by atoms with van der Waals surface area (Å²) in [5.74, 6) is 2.46. The number of carbonyl (C=O) groups is 1. The summed E-state index contributed by atoms with van der Waals surface area (Å²) in [6.45, 7) is 7.91. The number of rotatable bonds is 5. The Hall–Kier alpha value is -2.22. The molecule has 0 spiro atoms. The lowest BCUT2D eigenvalue weighted by Crippen LogP contribution is -2.46. The maximum Gasteiger partial charge on any atom is 0.239 e. The Kier molecular flexibility index (Phi) is 5.17. The number of amides is 1. The number of nitrogens with one attached hydrogen (secondary N) is 1. The van der Waals surface area contributed by atoms with Gasteiger partial charge in [-0.2, -0.15) is 10.2 Å². The summed E-state index contributed by atoms with van der Waals surface area (Å²) >= 11 is 0. The van der Waals surface area contributed by atoms with Crippen molar-refractivity contribution >= 4 is 11.7 Å². The third-order valence-electron chi connectivity index (χ3n) is 4.71. The van der Waals surface area contributed by atoms with Crippen molar-refractivity contribution in [1.29, 1.82) is 0 Å². The van der Waals surface area contributed by atoms with E-state index in [2.05, 4.69) is 25.4 Å². The number of likely N-dealkylation sites (tertiary alicyclic amines) is 1. The van der Waals surface area contributed by atoms with Crippen LogP contribution < -0.4 is 5.32 Å². The molecular weight excluding hydrogens is 318 g/mol. The molecule has 1 amide bonds. The molecule has 0 aromatic carbocycles. The largest absolute Gasteiger partial charge is 0.310 e. The minimum absolute atomic E-state index is 0.00129. The molecule has 2 aromatic rings. The van der Waals surface area contributed by atoms with E-state index in [0.29, 0.717) is 12.6 Å². The Balaban J connectivity index is 1.63. The van der Waals surface area contributed by atoms with Gasteiger partial charge in [-0.3, -0.25) is 14.4 Å². The zero-order chi connectivity index (χ0) is 18.0. The van der Waals surface area contributed by atoms with Crippen molar-refractivity contribution in [3.63, 3.8) is 0 Å². The van der Waals surface area contributed by atoms with Crippen LogP contribution in [-0.2, 0) is 18.4 Å². The van der Waals surface area contributed by atoms with E-state index in [9.17, 15) is 4.79 Å². The molecule has 1 saturated heterocycles. The molecule has 1 fully saturated rings. The van der Waals surface area contributed by atoms with Crippen LogP contribution in [-0.4, -0.2) is 54.5 Å². The van der Waals surface area contributed by atoms with Crippen LogP contribution in [0.3, 0.4) is 0 Å². The molecule has 0 radical (unpaired) electrons. The number of carbonyl (C=O) groups excluding carboxylic acids is 1. The Labute approximate surface area is 148 Å². The second-order valence-corrected chi connectivity index (χ2v) is 6.85. The fourth-order valence-corrected chi connectivity index (χ4v) is 3.50. The SMILES string of the molecule is Cc1cc(NC(=O)CN2CCCC[C@@H]2Cn2nc(C)nc2C)n(C)n1. The topological polar surface area (TPSA) is 80.9 Å². The Bertz CT molecular complexity index is 748. The van der Waals surface area contributed by atoms with Gasteiger partial charge in [0.15, 0.2) is 0 Å². The minimum atomic E-state index is 0.00129. The Morgan fingerprint density at radius 1 is 1.28 bits per heavy atom. The van der Waals surface area contributed by atoms with Crippen LogP contribution in [0.15, 0.2) is 6.07 Å². The Morgan fingerprint density at radius 3 is 2.72 bits per heavy atom. The third-order valence-corrected chi connectivity index (χ3v) is 4.71. The van der Waals surface area contributed by atoms with Crippen LogP contribution >= 0.6 is 0 Å². The fourth-order valence-electron chi connectivity index (χ4n) is 3.50. The van der Waals surface area contributed by atoms with Crippen LogP contribution in [0.5, 0.6) is 0 Å². The highest BCUT2D eigenvalue weighted by atomic mass is 16.2. The summed E-state index contributed by atoms with van der Waals surface area (Å²) in [7, 11) is 1.84. The third kappa shape index (κ3) is 4.25. The standard InChI is InChI=1S/C17H27N7O/c1-12-9-16(22(4)20-12)19-17(25)11-23-8-6-5-7-15(23)10-24-14(3)18-13(2)21-24/h9,15H,5-8,10-11H2,1-4H3,(H,19,25)/t15-/m1/s1. The summed E-state index contributed by atoms with van der Waals surface area (Å²) in [6, 6.07) is 2.19. The molecule has 3 rings (SSSR count). The molecule has 8 heteroatoms. The lowest BCUT2D eigenvalue weighted by molar-refractivity contribution is -0.118. The van der Waals surface area contributed by atoms with Gasteiger partial charge in [0.1, 0.15) is 17.5 Å². The first-order valence-corrected chi connectivity index (χ1v) is 8.85. The molecule has 1 aliphatic heterocycles. The average molecular weight is 345 g/mol. The molecule has 3 heterocycles. The number of aromatic nitrogens is 5. The van der Waals surface area contributed by atoms with Crippen molar-refractivity contribution in [2.75, 3.05) is 18.4 Å². The van der Waals surface area contributed by atoms with E-state index >= 15 is 0 Å². The molecule has 0 bridgehead atoms. The molecule has 1 atom stereocenters. The molecule has 2 aromatic heterocycles. The molecular formula is C17H27N7O. The van der Waals surface area contributed by atoms with Gasteiger partial charge in [-0.1, -0.05) is 6.42 Å². The van der Waals surface area contributed by atoms with E-state index in [-0.39, 0.29) is 5.91 Å². The van der Waals surface area contributed by atoms with Crippen LogP contribution in [0.1, 0.15) is 36.6 Å². The highest BCUT2D eigenvalue weighted by Gasteiger charge is 2.25. The highest BCUT2D eigenvalue weighted by molar-refractivity contribution is 5.91. The van der Waals surface area contributed by atoms with Gasteiger partial charge >= 0.3 is 0 Å². The van der Waals surface area contributed by atoms with Gasteiger partial charge in [0.2, 0.25) is 5.91 Å². The van der Waals surface area contributed by atoms with Crippen LogP contribution in [0.4, 0.5) is 5.82 Å². The van der Waals surface area contributed by atoms with Gasteiger partial charge in [-0.05, 0) is 40.2 Å². The number of anilines is 1. The number of aryl methyl sites for hydroxylation is 4. The molecule has 8 nitrogen and oxygen atoms in total. The summed E-state index contributed by atoms with van der Waals surface area (Å²) < 4.78 is 3.66. The molecule has 25 heavy (non-hydrogen) atoms. The van der Waals surface area contributed by atoms with Crippen molar-refractivity contribution in [1.82, 2.24) is 29.4 Å². The van der Waals surface area contributed by atoms with Crippen molar-refractivity contribution in [3.8, 4) is 0 Å². The number of nitrogens with zero attached hydrogens (tertiary/aromatic N) is 6. The summed E-state index contributed by atoms with van der Waals surface area (Å²) in [4.78, 5) is 19.1.